The first-order chi connectivity index (χ1) is 10.1. The van der Waals surface area contributed by atoms with E-state index < -0.39 is 9.84 Å². The van der Waals surface area contributed by atoms with Gasteiger partial charge in [-0.1, -0.05) is 41.9 Å². The van der Waals surface area contributed by atoms with E-state index in [1.54, 1.807) is 66.9 Å². The van der Waals surface area contributed by atoms with E-state index in [2.05, 4.69) is 4.98 Å². The maximum atomic E-state index is 12.7. The molecule has 3 nitrogen and oxygen atoms in total. The van der Waals surface area contributed by atoms with Crippen molar-refractivity contribution < 1.29 is 8.42 Å². The van der Waals surface area contributed by atoms with Crippen LogP contribution in [0.4, 0.5) is 0 Å². The molecule has 106 valence electrons. The molecular weight excluding hydrogens is 306 g/mol. The molecule has 0 saturated heterocycles. The molecule has 21 heavy (non-hydrogen) atoms. The normalized spacial score (nSPS) is 11.5. The van der Waals surface area contributed by atoms with Crippen molar-refractivity contribution in [2.24, 2.45) is 0 Å². The molecule has 0 amide bonds. The Hall–Kier alpha value is -2.04. The summed E-state index contributed by atoms with van der Waals surface area (Å²) in [4.78, 5) is 3.53. The molecule has 0 aliphatic rings. The number of rotatable bonds is 3. The molecule has 1 heterocycles. The minimum absolute atomic E-state index is 0.260. The van der Waals surface area contributed by atoms with Crippen molar-refractivity contribution in [3.63, 3.8) is 0 Å². The molecule has 1 N–H and O–H groups in total. The predicted octanol–water partition coefficient (Wildman–Crippen LogP) is 4.17. The summed E-state index contributed by atoms with van der Waals surface area (Å²) in [6, 6.07) is 17.0. The molecule has 0 atom stereocenters. The molecule has 5 heteroatoms. The van der Waals surface area contributed by atoms with E-state index in [9.17, 15) is 8.42 Å². The highest BCUT2D eigenvalue weighted by Crippen LogP contribution is 2.30. The summed E-state index contributed by atoms with van der Waals surface area (Å²) in [5, 5.41) is 0.609. The van der Waals surface area contributed by atoms with E-state index in [4.69, 9.17) is 11.6 Å². The lowest BCUT2D eigenvalue weighted by atomic mass is 10.2. The fourth-order valence-electron chi connectivity index (χ4n) is 2.15. The number of hydrogen-bond acceptors (Lipinski definition) is 2. The molecule has 0 unspecified atom stereocenters. The topological polar surface area (TPSA) is 49.9 Å². The highest BCUT2D eigenvalue weighted by Gasteiger charge is 2.22. The molecule has 0 spiro atoms. The maximum absolute atomic E-state index is 12.7. The minimum Gasteiger partial charge on any atom is -0.360 e. The van der Waals surface area contributed by atoms with E-state index >= 15 is 0 Å². The average Bonchev–Trinajstić information content (AvgIpc) is 2.99. The number of benzene rings is 2. The van der Waals surface area contributed by atoms with Crippen molar-refractivity contribution in [2.45, 2.75) is 9.79 Å². The van der Waals surface area contributed by atoms with Crippen molar-refractivity contribution in [3.05, 3.63) is 71.9 Å². The molecule has 3 rings (SSSR count). The third kappa shape index (κ3) is 2.60. The summed E-state index contributed by atoms with van der Waals surface area (Å²) < 4.78 is 25.4. The molecule has 1 aromatic heterocycles. The van der Waals surface area contributed by atoms with Crippen LogP contribution in [-0.4, -0.2) is 13.4 Å². The van der Waals surface area contributed by atoms with Crippen LogP contribution in [0.1, 0.15) is 0 Å². The van der Waals surface area contributed by atoms with Gasteiger partial charge in [0, 0.05) is 11.2 Å². The number of halogens is 1. The van der Waals surface area contributed by atoms with Crippen LogP contribution in [0.2, 0.25) is 5.02 Å². The van der Waals surface area contributed by atoms with E-state index in [-0.39, 0.29) is 9.79 Å². The van der Waals surface area contributed by atoms with Crippen LogP contribution in [-0.2, 0) is 9.84 Å². The summed E-state index contributed by atoms with van der Waals surface area (Å²) >= 11 is 5.87. The van der Waals surface area contributed by atoms with Gasteiger partial charge in [0.25, 0.3) is 0 Å². The second-order valence-electron chi connectivity index (χ2n) is 4.54. The molecule has 2 aromatic carbocycles. The Morgan fingerprint density at radius 3 is 2.19 bits per heavy atom. The minimum atomic E-state index is -3.55. The van der Waals surface area contributed by atoms with Crippen LogP contribution >= 0.6 is 11.6 Å². The Morgan fingerprint density at radius 2 is 1.52 bits per heavy atom. The Labute approximate surface area is 128 Å². The lowest BCUT2D eigenvalue weighted by Gasteiger charge is -2.06. The van der Waals surface area contributed by atoms with Crippen molar-refractivity contribution in [1.82, 2.24) is 4.98 Å². The number of hydrogen-bond donors (Lipinski definition) is 1. The SMILES string of the molecule is O=S(=O)(c1ccccc1)c1cc[nH]c1-c1ccc(Cl)cc1. The molecular formula is C16H12ClNO2S. The van der Waals surface area contributed by atoms with E-state index in [0.717, 1.165) is 5.56 Å². The Bertz CT molecular complexity index is 853. The number of H-pyrrole nitrogens is 1. The standard InChI is InChI=1S/C16H12ClNO2S/c17-13-8-6-12(7-9-13)16-15(10-11-18-16)21(19,20)14-4-2-1-3-5-14/h1-11,18H. The zero-order valence-corrected chi connectivity index (χ0v) is 12.5. The fourth-order valence-corrected chi connectivity index (χ4v) is 3.74. The molecule has 0 fully saturated rings. The first-order valence-corrected chi connectivity index (χ1v) is 8.18. The lowest BCUT2D eigenvalue weighted by Crippen LogP contribution is -2.02. The van der Waals surface area contributed by atoms with Gasteiger partial charge in [0.2, 0.25) is 9.84 Å². The van der Waals surface area contributed by atoms with Crippen molar-refractivity contribution in [2.75, 3.05) is 0 Å². The summed E-state index contributed by atoms with van der Waals surface area (Å²) in [5.41, 5.74) is 1.34. The van der Waals surface area contributed by atoms with Crippen LogP contribution in [0.3, 0.4) is 0 Å². The Balaban J connectivity index is 2.13. The largest absolute Gasteiger partial charge is 0.360 e. The van der Waals surface area contributed by atoms with Crippen LogP contribution < -0.4 is 0 Å². The zero-order valence-electron chi connectivity index (χ0n) is 11.0. The van der Waals surface area contributed by atoms with Gasteiger partial charge in [0.05, 0.1) is 15.5 Å². The molecule has 0 aliphatic heterocycles. The van der Waals surface area contributed by atoms with E-state index in [0.29, 0.717) is 10.7 Å². The summed E-state index contributed by atoms with van der Waals surface area (Å²) in [7, 11) is -3.55. The van der Waals surface area contributed by atoms with Crippen molar-refractivity contribution >= 4 is 21.4 Å². The first kappa shape index (κ1) is 13.9. The van der Waals surface area contributed by atoms with Crippen LogP contribution in [0.5, 0.6) is 0 Å². The second-order valence-corrected chi connectivity index (χ2v) is 6.89. The van der Waals surface area contributed by atoms with Crippen LogP contribution in [0.25, 0.3) is 11.3 Å². The van der Waals surface area contributed by atoms with Gasteiger partial charge in [0.15, 0.2) is 0 Å². The maximum Gasteiger partial charge on any atom is 0.208 e. The number of aromatic nitrogens is 1. The average molecular weight is 318 g/mol. The van der Waals surface area contributed by atoms with Gasteiger partial charge < -0.3 is 4.98 Å². The van der Waals surface area contributed by atoms with Crippen molar-refractivity contribution in [1.29, 1.82) is 0 Å². The van der Waals surface area contributed by atoms with Crippen LogP contribution in [0, 0.1) is 0 Å². The molecule has 0 bridgehead atoms. The third-order valence-corrected chi connectivity index (χ3v) is 5.25. The monoisotopic (exact) mass is 317 g/mol. The zero-order chi connectivity index (χ0) is 14.9. The molecule has 3 aromatic rings. The number of nitrogens with one attached hydrogen (secondary N) is 1. The number of aromatic amines is 1. The molecule has 0 saturated carbocycles. The quantitative estimate of drug-likeness (QED) is 0.788. The lowest BCUT2D eigenvalue weighted by molar-refractivity contribution is 0.596. The van der Waals surface area contributed by atoms with Gasteiger partial charge >= 0.3 is 0 Å². The van der Waals surface area contributed by atoms with E-state index in [1.165, 1.54) is 0 Å². The summed E-state index contributed by atoms with van der Waals surface area (Å²) in [6.07, 6.45) is 1.62. The van der Waals surface area contributed by atoms with Gasteiger partial charge in [-0.3, -0.25) is 0 Å². The van der Waals surface area contributed by atoms with E-state index in [1.807, 2.05) is 0 Å². The highest BCUT2D eigenvalue weighted by molar-refractivity contribution is 7.91. The fraction of sp³-hybridized carbons (Fsp3) is 0. The second kappa shape index (κ2) is 5.39. The molecule has 0 aliphatic carbocycles. The smallest absolute Gasteiger partial charge is 0.208 e. The van der Waals surface area contributed by atoms with Crippen LogP contribution in [0.15, 0.2) is 76.7 Å². The highest BCUT2D eigenvalue weighted by atomic mass is 35.5. The van der Waals surface area contributed by atoms with Gasteiger partial charge in [-0.2, -0.15) is 0 Å². The predicted molar refractivity (Wildman–Crippen MR) is 83.1 cm³/mol. The first-order valence-electron chi connectivity index (χ1n) is 6.32. The Morgan fingerprint density at radius 1 is 0.857 bits per heavy atom. The Kier molecular flexibility index (Phi) is 3.57. The third-order valence-electron chi connectivity index (χ3n) is 3.18. The number of sulfone groups is 1. The van der Waals surface area contributed by atoms with Gasteiger partial charge in [-0.25, -0.2) is 8.42 Å². The molecule has 0 radical (unpaired) electrons. The van der Waals surface area contributed by atoms with Gasteiger partial charge in [-0.15, -0.1) is 0 Å². The van der Waals surface area contributed by atoms with Gasteiger partial charge in [0.1, 0.15) is 0 Å². The summed E-state index contributed by atoms with van der Waals surface area (Å²) in [5.74, 6) is 0. The van der Waals surface area contributed by atoms with Gasteiger partial charge in [-0.05, 0) is 35.9 Å². The summed E-state index contributed by atoms with van der Waals surface area (Å²) in [6.45, 7) is 0. The van der Waals surface area contributed by atoms with Crippen molar-refractivity contribution in [3.8, 4) is 11.3 Å².